The van der Waals surface area contributed by atoms with E-state index in [-0.39, 0.29) is 11.7 Å². The number of ether oxygens (including phenoxy) is 1. The van der Waals surface area contributed by atoms with Crippen molar-refractivity contribution in [1.82, 2.24) is 9.80 Å². The molecule has 0 bridgehead atoms. The van der Waals surface area contributed by atoms with Gasteiger partial charge in [-0.25, -0.2) is 4.39 Å². The van der Waals surface area contributed by atoms with Gasteiger partial charge < -0.3 is 9.64 Å². The second kappa shape index (κ2) is 8.47. The van der Waals surface area contributed by atoms with Crippen molar-refractivity contribution < 1.29 is 13.9 Å². The summed E-state index contributed by atoms with van der Waals surface area (Å²) < 4.78 is 18.5. The van der Waals surface area contributed by atoms with E-state index >= 15 is 0 Å². The van der Waals surface area contributed by atoms with Gasteiger partial charge in [0.2, 0.25) is 5.91 Å². The van der Waals surface area contributed by atoms with Gasteiger partial charge in [0, 0.05) is 25.6 Å². The third-order valence-electron chi connectivity index (χ3n) is 5.09. The Labute approximate surface area is 143 Å². The molecule has 0 aliphatic carbocycles. The molecule has 5 heteroatoms. The van der Waals surface area contributed by atoms with Crippen LogP contribution in [0, 0.1) is 11.7 Å². The van der Waals surface area contributed by atoms with Crippen molar-refractivity contribution in [3.05, 3.63) is 30.1 Å². The van der Waals surface area contributed by atoms with Crippen molar-refractivity contribution in [2.75, 3.05) is 39.3 Å². The number of hydrogen-bond acceptors (Lipinski definition) is 3. The van der Waals surface area contributed by atoms with Crippen molar-refractivity contribution in [1.29, 1.82) is 0 Å². The number of rotatable bonds is 5. The second-order valence-corrected chi connectivity index (χ2v) is 6.80. The molecule has 0 atom stereocenters. The molecule has 2 aliphatic heterocycles. The monoisotopic (exact) mass is 334 g/mol. The fraction of sp³-hybridized carbons (Fsp3) is 0.632. The fourth-order valence-corrected chi connectivity index (χ4v) is 3.60. The molecule has 132 valence electrons. The summed E-state index contributed by atoms with van der Waals surface area (Å²) >= 11 is 0. The Balaban J connectivity index is 1.35. The number of nitrogens with zero attached hydrogens (tertiary/aromatic N) is 2. The van der Waals surface area contributed by atoms with Crippen LogP contribution >= 0.6 is 0 Å². The van der Waals surface area contributed by atoms with Crippen molar-refractivity contribution in [3.63, 3.8) is 0 Å². The molecule has 2 heterocycles. The van der Waals surface area contributed by atoms with Gasteiger partial charge >= 0.3 is 0 Å². The largest absolute Gasteiger partial charge is 0.492 e. The van der Waals surface area contributed by atoms with E-state index in [0.717, 1.165) is 58.4 Å². The first kappa shape index (κ1) is 17.2. The Morgan fingerprint density at radius 1 is 1.04 bits per heavy atom. The zero-order valence-corrected chi connectivity index (χ0v) is 14.3. The van der Waals surface area contributed by atoms with Crippen molar-refractivity contribution >= 4 is 5.91 Å². The predicted molar refractivity (Wildman–Crippen MR) is 91.5 cm³/mol. The summed E-state index contributed by atoms with van der Waals surface area (Å²) in [4.78, 5) is 17.0. The minimum atomic E-state index is -0.247. The predicted octanol–water partition coefficient (Wildman–Crippen LogP) is 2.93. The Bertz CT molecular complexity index is 521. The van der Waals surface area contributed by atoms with Crippen LogP contribution in [0.3, 0.4) is 0 Å². The molecule has 0 spiro atoms. The van der Waals surface area contributed by atoms with Crippen LogP contribution in [0.2, 0.25) is 0 Å². The molecule has 0 saturated carbocycles. The molecule has 0 N–H and O–H groups in total. The van der Waals surface area contributed by atoms with Gasteiger partial charge in [-0.3, -0.25) is 9.69 Å². The summed E-state index contributed by atoms with van der Waals surface area (Å²) in [7, 11) is 0. The minimum Gasteiger partial charge on any atom is -0.492 e. The molecule has 24 heavy (non-hydrogen) atoms. The van der Waals surface area contributed by atoms with Crippen LogP contribution in [0.5, 0.6) is 5.75 Å². The molecule has 4 nitrogen and oxygen atoms in total. The standard InChI is InChI=1S/C19H27FN2O2/c20-17-4-6-18(7-5-17)24-15-14-21-12-8-16(9-13-21)19(23)22-10-2-1-3-11-22/h4-7,16H,1-3,8-15H2. The summed E-state index contributed by atoms with van der Waals surface area (Å²) in [6.45, 7) is 5.25. The van der Waals surface area contributed by atoms with Gasteiger partial charge in [0.1, 0.15) is 18.2 Å². The van der Waals surface area contributed by atoms with Crippen molar-refractivity contribution in [2.24, 2.45) is 5.92 Å². The molecule has 2 aliphatic rings. The normalized spacial score (nSPS) is 20.1. The lowest BCUT2D eigenvalue weighted by molar-refractivity contribution is -0.138. The zero-order chi connectivity index (χ0) is 16.8. The van der Waals surface area contributed by atoms with E-state index in [1.165, 1.54) is 18.6 Å². The molecular weight excluding hydrogens is 307 g/mol. The summed E-state index contributed by atoms with van der Waals surface area (Å²) in [5, 5.41) is 0. The highest BCUT2D eigenvalue weighted by atomic mass is 19.1. The molecule has 2 fully saturated rings. The number of amides is 1. The number of halogens is 1. The van der Waals surface area contributed by atoms with Crippen LogP contribution < -0.4 is 4.74 Å². The highest BCUT2D eigenvalue weighted by Crippen LogP contribution is 2.22. The first-order valence-corrected chi connectivity index (χ1v) is 9.12. The maximum Gasteiger partial charge on any atom is 0.225 e. The molecule has 0 unspecified atom stereocenters. The second-order valence-electron chi connectivity index (χ2n) is 6.80. The maximum atomic E-state index is 12.8. The Morgan fingerprint density at radius 2 is 1.71 bits per heavy atom. The Hall–Kier alpha value is -1.62. The molecule has 0 radical (unpaired) electrons. The molecule has 0 aromatic heterocycles. The first-order chi connectivity index (χ1) is 11.7. The SMILES string of the molecule is O=C(C1CCN(CCOc2ccc(F)cc2)CC1)N1CCCCC1. The van der Waals surface area contributed by atoms with Crippen LogP contribution in [0.4, 0.5) is 4.39 Å². The van der Waals surface area contributed by atoms with Gasteiger partial charge in [0.15, 0.2) is 0 Å². The van der Waals surface area contributed by atoms with Crippen molar-refractivity contribution in [3.8, 4) is 5.75 Å². The van der Waals surface area contributed by atoms with Crippen LogP contribution in [-0.2, 0) is 4.79 Å². The fourth-order valence-electron chi connectivity index (χ4n) is 3.60. The van der Waals surface area contributed by atoms with Gasteiger partial charge in [-0.15, -0.1) is 0 Å². The molecule has 1 aromatic carbocycles. The summed E-state index contributed by atoms with van der Waals surface area (Å²) in [6, 6.07) is 6.12. The topological polar surface area (TPSA) is 32.8 Å². The lowest BCUT2D eigenvalue weighted by Crippen LogP contribution is -2.45. The van der Waals surface area contributed by atoms with Crippen LogP contribution in [-0.4, -0.2) is 55.0 Å². The average Bonchev–Trinajstić information content (AvgIpc) is 2.64. The number of carbonyl (C=O) groups excluding carboxylic acids is 1. The average molecular weight is 334 g/mol. The minimum absolute atomic E-state index is 0.206. The van der Waals surface area contributed by atoms with Crippen LogP contribution in [0.25, 0.3) is 0 Å². The van der Waals surface area contributed by atoms with Gasteiger partial charge in [0.25, 0.3) is 0 Å². The smallest absolute Gasteiger partial charge is 0.225 e. The molecule has 2 saturated heterocycles. The number of benzene rings is 1. The maximum absolute atomic E-state index is 12.8. The van der Waals surface area contributed by atoms with Gasteiger partial charge in [-0.05, 0) is 69.5 Å². The number of carbonyl (C=O) groups is 1. The lowest BCUT2D eigenvalue weighted by atomic mass is 9.94. The first-order valence-electron chi connectivity index (χ1n) is 9.12. The Kier molecular flexibility index (Phi) is 6.07. The quantitative estimate of drug-likeness (QED) is 0.830. The van der Waals surface area contributed by atoms with Gasteiger partial charge in [-0.2, -0.15) is 0 Å². The third kappa shape index (κ3) is 4.69. The highest BCUT2D eigenvalue weighted by Gasteiger charge is 2.28. The van der Waals surface area contributed by atoms with E-state index in [1.54, 1.807) is 12.1 Å². The van der Waals surface area contributed by atoms with E-state index in [4.69, 9.17) is 4.74 Å². The summed E-state index contributed by atoms with van der Waals surface area (Å²) in [6.07, 6.45) is 5.48. The number of hydrogen-bond donors (Lipinski definition) is 0. The van der Waals surface area contributed by atoms with E-state index in [1.807, 2.05) is 0 Å². The lowest BCUT2D eigenvalue weighted by Gasteiger charge is -2.35. The summed E-state index contributed by atoms with van der Waals surface area (Å²) in [5.41, 5.74) is 0. The molecular formula is C19H27FN2O2. The van der Waals surface area contributed by atoms with Crippen LogP contribution in [0.1, 0.15) is 32.1 Å². The van der Waals surface area contributed by atoms with E-state index in [0.29, 0.717) is 18.3 Å². The van der Waals surface area contributed by atoms with Gasteiger partial charge in [-0.1, -0.05) is 0 Å². The van der Waals surface area contributed by atoms with E-state index < -0.39 is 0 Å². The Morgan fingerprint density at radius 3 is 2.38 bits per heavy atom. The number of likely N-dealkylation sites (tertiary alicyclic amines) is 2. The molecule has 1 amide bonds. The molecule has 1 aromatic rings. The number of piperidine rings is 2. The van der Waals surface area contributed by atoms with E-state index in [2.05, 4.69) is 9.80 Å². The van der Waals surface area contributed by atoms with Gasteiger partial charge in [0.05, 0.1) is 0 Å². The van der Waals surface area contributed by atoms with Crippen LogP contribution in [0.15, 0.2) is 24.3 Å². The molecule has 3 rings (SSSR count). The highest BCUT2D eigenvalue weighted by molar-refractivity contribution is 5.79. The van der Waals surface area contributed by atoms with E-state index in [9.17, 15) is 9.18 Å². The zero-order valence-electron chi connectivity index (χ0n) is 14.3. The van der Waals surface area contributed by atoms with Crippen molar-refractivity contribution in [2.45, 2.75) is 32.1 Å². The summed E-state index contributed by atoms with van der Waals surface area (Å²) in [5.74, 6) is 1.03. The third-order valence-corrected chi connectivity index (χ3v) is 5.09.